The molecule has 1 heterocycles. The Morgan fingerprint density at radius 1 is 1.20 bits per heavy atom. The summed E-state index contributed by atoms with van der Waals surface area (Å²) in [6, 6.07) is 14.4. The number of pyridine rings is 1. The van der Waals surface area contributed by atoms with Gasteiger partial charge in [0.2, 0.25) is 0 Å². The second-order valence-corrected chi connectivity index (χ2v) is 6.21. The molecule has 4 nitrogen and oxygen atoms in total. The first-order chi connectivity index (χ1) is 12.1. The smallest absolute Gasteiger partial charge is 0.258 e. The number of carbonyl (C=O) groups is 1. The summed E-state index contributed by atoms with van der Waals surface area (Å²) in [5.74, 6) is -0.329. The highest BCUT2D eigenvalue weighted by Gasteiger charge is 2.24. The van der Waals surface area contributed by atoms with Gasteiger partial charge in [0.15, 0.2) is 6.10 Å². The SMILES string of the molecule is CCOC(C(=O)Nc1cccc2cccnc12)c1cc(Cl)ccc1Cl. The molecule has 3 aromatic rings. The van der Waals surface area contributed by atoms with Crippen LogP contribution in [-0.2, 0) is 9.53 Å². The molecule has 0 aliphatic carbocycles. The van der Waals surface area contributed by atoms with Gasteiger partial charge in [-0.15, -0.1) is 0 Å². The van der Waals surface area contributed by atoms with Gasteiger partial charge in [-0.3, -0.25) is 9.78 Å². The van der Waals surface area contributed by atoms with E-state index in [4.69, 9.17) is 27.9 Å². The molecule has 2 aromatic carbocycles. The van der Waals surface area contributed by atoms with Gasteiger partial charge >= 0.3 is 0 Å². The Bertz CT molecular complexity index is 910. The van der Waals surface area contributed by atoms with Gasteiger partial charge in [0.25, 0.3) is 5.91 Å². The van der Waals surface area contributed by atoms with E-state index >= 15 is 0 Å². The van der Waals surface area contributed by atoms with Crippen LogP contribution in [0.3, 0.4) is 0 Å². The second kappa shape index (κ2) is 7.83. The second-order valence-electron chi connectivity index (χ2n) is 5.37. The number of hydrogen-bond donors (Lipinski definition) is 1. The van der Waals surface area contributed by atoms with Crippen LogP contribution < -0.4 is 5.32 Å². The molecule has 0 saturated heterocycles. The number of aromatic nitrogens is 1. The van der Waals surface area contributed by atoms with E-state index in [0.29, 0.717) is 33.4 Å². The summed E-state index contributed by atoms with van der Waals surface area (Å²) in [6.07, 6.45) is 0.821. The van der Waals surface area contributed by atoms with Crippen LogP contribution in [0, 0.1) is 0 Å². The lowest BCUT2D eigenvalue weighted by molar-refractivity contribution is -0.127. The lowest BCUT2D eigenvalue weighted by atomic mass is 10.1. The highest BCUT2D eigenvalue weighted by atomic mass is 35.5. The molecule has 0 saturated carbocycles. The monoisotopic (exact) mass is 374 g/mol. The fourth-order valence-electron chi connectivity index (χ4n) is 2.59. The van der Waals surface area contributed by atoms with Gasteiger partial charge in [0.1, 0.15) is 0 Å². The van der Waals surface area contributed by atoms with Gasteiger partial charge in [-0.1, -0.05) is 41.4 Å². The van der Waals surface area contributed by atoms with Gasteiger partial charge in [-0.05, 0) is 37.3 Å². The topological polar surface area (TPSA) is 51.2 Å². The molecule has 1 amide bonds. The van der Waals surface area contributed by atoms with E-state index in [1.54, 1.807) is 30.5 Å². The fraction of sp³-hybridized carbons (Fsp3) is 0.158. The zero-order chi connectivity index (χ0) is 17.8. The van der Waals surface area contributed by atoms with Gasteiger partial charge in [0, 0.05) is 33.8 Å². The maximum absolute atomic E-state index is 12.8. The maximum Gasteiger partial charge on any atom is 0.258 e. The summed E-state index contributed by atoms with van der Waals surface area (Å²) in [6.45, 7) is 2.17. The van der Waals surface area contributed by atoms with E-state index in [1.807, 2.05) is 31.2 Å². The number of para-hydroxylation sites is 1. The molecule has 0 fully saturated rings. The van der Waals surface area contributed by atoms with Crippen molar-refractivity contribution in [1.82, 2.24) is 4.98 Å². The Labute approximate surface area is 155 Å². The third kappa shape index (κ3) is 3.93. The van der Waals surface area contributed by atoms with Crippen molar-refractivity contribution in [2.24, 2.45) is 0 Å². The van der Waals surface area contributed by atoms with Crippen LogP contribution in [0.4, 0.5) is 5.69 Å². The van der Waals surface area contributed by atoms with Crippen LogP contribution in [0.1, 0.15) is 18.6 Å². The third-order valence-corrected chi connectivity index (χ3v) is 4.28. The van der Waals surface area contributed by atoms with Crippen LogP contribution in [0.25, 0.3) is 10.9 Å². The number of hydrogen-bond acceptors (Lipinski definition) is 3. The van der Waals surface area contributed by atoms with Crippen molar-refractivity contribution in [2.75, 3.05) is 11.9 Å². The molecule has 0 spiro atoms. The summed E-state index contributed by atoms with van der Waals surface area (Å²) in [7, 11) is 0. The molecule has 1 N–H and O–H groups in total. The molecule has 0 bridgehead atoms. The maximum atomic E-state index is 12.8. The lowest BCUT2D eigenvalue weighted by Gasteiger charge is -2.19. The summed E-state index contributed by atoms with van der Waals surface area (Å²) in [5.41, 5.74) is 1.86. The normalized spacial score (nSPS) is 12.1. The average Bonchev–Trinajstić information content (AvgIpc) is 2.62. The molecule has 1 aromatic heterocycles. The van der Waals surface area contributed by atoms with E-state index < -0.39 is 6.10 Å². The van der Waals surface area contributed by atoms with Gasteiger partial charge in [-0.2, -0.15) is 0 Å². The number of nitrogens with one attached hydrogen (secondary N) is 1. The number of carbonyl (C=O) groups excluding carboxylic acids is 1. The number of fused-ring (bicyclic) bond motifs is 1. The largest absolute Gasteiger partial charge is 0.364 e. The van der Waals surface area contributed by atoms with Crippen LogP contribution >= 0.6 is 23.2 Å². The Morgan fingerprint density at radius 2 is 2.00 bits per heavy atom. The number of ether oxygens (including phenoxy) is 1. The number of nitrogens with zero attached hydrogens (tertiary/aromatic N) is 1. The number of halogens is 2. The van der Waals surface area contributed by atoms with Gasteiger partial charge in [0.05, 0.1) is 11.2 Å². The van der Waals surface area contributed by atoms with E-state index in [0.717, 1.165) is 5.39 Å². The van der Waals surface area contributed by atoms with Gasteiger partial charge < -0.3 is 10.1 Å². The molecular formula is C19H16Cl2N2O2. The zero-order valence-electron chi connectivity index (χ0n) is 13.5. The molecule has 3 rings (SSSR count). The molecule has 1 unspecified atom stereocenters. The Kier molecular flexibility index (Phi) is 5.53. The first-order valence-electron chi connectivity index (χ1n) is 7.81. The van der Waals surface area contributed by atoms with Crippen molar-refractivity contribution in [1.29, 1.82) is 0 Å². The van der Waals surface area contributed by atoms with Crippen LogP contribution in [0.5, 0.6) is 0 Å². The number of benzene rings is 2. The summed E-state index contributed by atoms with van der Waals surface area (Å²) >= 11 is 12.3. The molecule has 0 radical (unpaired) electrons. The van der Waals surface area contributed by atoms with E-state index in [-0.39, 0.29) is 5.91 Å². The molecule has 25 heavy (non-hydrogen) atoms. The van der Waals surface area contributed by atoms with E-state index in [2.05, 4.69) is 10.3 Å². The van der Waals surface area contributed by atoms with E-state index in [9.17, 15) is 4.79 Å². The lowest BCUT2D eigenvalue weighted by Crippen LogP contribution is -2.24. The Morgan fingerprint density at radius 3 is 2.80 bits per heavy atom. The van der Waals surface area contributed by atoms with Gasteiger partial charge in [-0.25, -0.2) is 0 Å². The summed E-state index contributed by atoms with van der Waals surface area (Å²) in [4.78, 5) is 17.2. The third-order valence-electron chi connectivity index (χ3n) is 3.70. The van der Waals surface area contributed by atoms with Crippen molar-refractivity contribution in [3.05, 3.63) is 70.3 Å². The first kappa shape index (κ1) is 17.7. The number of amides is 1. The predicted molar refractivity (Wildman–Crippen MR) is 101 cm³/mol. The Balaban J connectivity index is 1.94. The Hall–Kier alpha value is -2.14. The molecule has 128 valence electrons. The molecule has 0 aliphatic heterocycles. The zero-order valence-corrected chi connectivity index (χ0v) is 15.0. The highest BCUT2D eigenvalue weighted by Crippen LogP contribution is 2.30. The molecule has 1 atom stereocenters. The standard InChI is InChI=1S/C19H16Cl2N2O2/c1-2-25-18(14-11-13(20)8-9-15(14)21)19(24)23-16-7-3-5-12-6-4-10-22-17(12)16/h3-11,18H,2H2,1H3,(H,23,24). The van der Waals surface area contributed by atoms with Crippen LogP contribution in [0.2, 0.25) is 10.0 Å². The van der Waals surface area contributed by atoms with E-state index in [1.165, 1.54) is 0 Å². The average molecular weight is 375 g/mol. The fourth-order valence-corrected chi connectivity index (χ4v) is 2.99. The molecule has 6 heteroatoms. The minimum Gasteiger partial charge on any atom is -0.364 e. The highest BCUT2D eigenvalue weighted by molar-refractivity contribution is 6.33. The van der Waals surface area contributed by atoms with Crippen molar-refractivity contribution in [3.8, 4) is 0 Å². The van der Waals surface area contributed by atoms with Crippen molar-refractivity contribution < 1.29 is 9.53 Å². The quantitative estimate of drug-likeness (QED) is 0.662. The van der Waals surface area contributed by atoms with Crippen molar-refractivity contribution in [2.45, 2.75) is 13.0 Å². The minimum atomic E-state index is -0.866. The van der Waals surface area contributed by atoms with Crippen LogP contribution in [-0.4, -0.2) is 17.5 Å². The molecule has 0 aliphatic rings. The molecular weight excluding hydrogens is 359 g/mol. The first-order valence-corrected chi connectivity index (χ1v) is 8.57. The summed E-state index contributed by atoms with van der Waals surface area (Å²) in [5, 5.41) is 4.74. The predicted octanol–water partition coefficient (Wildman–Crippen LogP) is 5.26. The number of rotatable bonds is 5. The minimum absolute atomic E-state index is 0.329. The van der Waals surface area contributed by atoms with Crippen LogP contribution in [0.15, 0.2) is 54.7 Å². The number of anilines is 1. The van der Waals surface area contributed by atoms with Crippen molar-refractivity contribution >= 4 is 45.7 Å². The van der Waals surface area contributed by atoms with Crippen molar-refractivity contribution in [3.63, 3.8) is 0 Å². The summed E-state index contributed by atoms with van der Waals surface area (Å²) < 4.78 is 5.63.